The molecule has 0 saturated heterocycles. The highest BCUT2D eigenvalue weighted by Gasteiger charge is 2.44. The van der Waals surface area contributed by atoms with Crippen molar-refractivity contribution in [1.29, 1.82) is 0 Å². The highest BCUT2D eigenvalue weighted by atomic mass is 16.1. The maximum Gasteiger partial charge on any atom is 0.185 e. The fourth-order valence-corrected chi connectivity index (χ4v) is 2.67. The summed E-state index contributed by atoms with van der Waals surface area (Å²) in [4.78, 5) is 16.8. The van der Waals surface area contributed by atoms with Crippen molar-refractivity contribution in [2.24, 2.45) is 5.92 Å². The zero-order valence-electron chi connectivity index (χ0n) is 11.0. The summed E-state index contributed by atoms with van der Waals surface area (Å²) >= 11 is 0. The zero-order valence-corrected chi connectivity index (χ0v) is 11.0. The Labute approximate surface area is 113 Å². The molecule has 0 spiro atoms. The number of nitrogens with zero attached hydrogens (tertiary/aromatic N) is 1. The predicted octanol–water partition coefficient (Wildman–Crippen LogP) is 3.63. The number of rotatable bonds is 4. The van der Waals surface area contributed by atoms with Gasteiger partial charge in [-0.25, -0.2) is 0 Å². The van der Waals surface area contributed by atoms with E-state index < -0.39 is 0 Å². The van der Waals surface area contributed by atoms with E-state index in [1.807, 2.05) is 30.3 Å². The Morgan fingerprint density at radius 3 is 2.74 bits per heavy atom. The summed E-state index contributed by atoms with van der Waals surface area (Å²) in [5, 5.41) is 0. The van der Waals surface area contributed by atoms with Gasteiger partial charge in [-0.2, -0.15) is 0 Å². The molecule has 1 aromatic carbocycles. The van der Waals surface area contributed by atoms with Crippen molar-refractivity contribution in [1.82, 2.24) is 4.98 Å². The van der Waals surface area contributed by atoms with Gasteiger partial charge in [0.1, 0.15) is 5.69 Å². The Balaban J connectivity index is 1.80. The fraction of sp³-hybridized carbons (Fsp3) is 0.294. The molecule has 0 radical (unpaired) electrons. The summed E-state index contributed by atoms with van der Waals surface area (Å²) in [6.45, 7) is 2.06. The van der Waals surface area contributed by atoms with E-state index in [4.69, 9.17) is 0 Å². The van der Waals surface area contributed by atoms with Gasteiger partial charge >= 0.3 is 0 Å². The molecule has 0 aliphatic heterocycles. The first-order valence-electron chi connectivity index (χ1n) is 6.84. The van der Waals surface area contributed by atoms with Gasteiger partial charge in [-0.15, -0.1) is 0 Å². The third-order valence-corrected chi connectivity index (χ3v) is 3.86. The van der Waals surface area contributed by atoms with E-state index in [0.29, 0.717) is 11.6 Å². The second kappa shape index (κ2) is 4.96. The molecular formula is C17H17NO. The maximum absolute atomic E-state index is 12.5. The number of carbonyl (C=O) groups is 1. The standard InChI is InChI=1S/C17H17NO/c1-2-12-9-6-10-18-16(12)17(19)15-11-14(15)13-7-4-3-5-8-13/h3-10,14-15H,2,11H2,1H3. The number of pyridine rings is 1. The number of aryl methyl sites for hydroxylation is 1. The highest BCUT2D eigenvalue weighted by Crippen LogP contribution is 2.49. The second-order valence-corrected chi connectivity index (χ2v) is 5.09. The smallest absolute Gasteiger partial charge is 0.185 e. The highest BCUT2D eigenvalue weighted by molar-refractivity contribution is 5.99. The van der Waals surface area contributed by atoms with Gasteiger partial charge < -0.3 is 0 Å². The summed E-state index contributed by atoms with van der Waals surface area (Å²) in [7, 11) is 0. The lowest BCUT2D eigenvalue weighted by Crippen LogP contribution is -2.09. The van der Waals surface area contributed by atoms with Gasteiger partial charge in [0.25, 0.3) is 0 Å². The van der Waals surface area contributed by atoms with Gasteiger partial charge in [0, 0.05) is 12.1 Å². The van der Waals surface area contributed by atoms with Crippen LogP contribution in [0.15, 0.2) is 48.7 Å². The number of Topliss-reactive ketones (excluding diaryl/α,β-unsaturated/α-hetero) is 1. The second-order valence-electron chi connectivity index (χ2n) is 5.09. The lowest BCUT2D eigenvalue weighted by atomic mass is 10.0. The molecule has 1 heterocycles. The van der Waals surface area contributed by atoms with Crippen molar-refractivity contribution in [3.8, 4) is 0 Å². The van der Waals surface area contributed by atoms with Crippen LogP contribution >= 0.6 is 0 Å². The van der Waals surface area contributed by atoms with Crippen LogP contribution in [0.5, 0.6) is 0 Å². The molecule has 2 nitrogen and oxygen atoms in total. The van der Waals surface area contributed by atoms with Crippen molar-refractivity contribution in [2.75, 3.05) is 0 Å². The fourth-order valence-electron chi connectivity index (χ4n) is 2.67. The molecule has 1 fully saturated rings. The third kappa shape index (κ3) is 2.30. The molecule has 2 heteroatoms. The molecule has 1 saturated carbocycles. The van der Waals surface area contributed by atoms with E-state index >= 15 is 0 Å². The van der Waals surface area contributed by atoms with E-state index in [-0.39, 0.29) is 11.7 Å². The van der Waals surface area contributed by atoms with Crippen LogP contribution in [0.25, 0.3) is 0 Å². The van der Waals surface area contributed by atoms with Crippen LogP contribution in [0.2, 0.25) is 0 Å². The first-order chi connectivity index (χ1) is 9.31. The summed E-state index contributed by atoms with van der Waals surface area (Å²) in [6, 6.07) is 14.2. The normalized spacial score (nSPS) is 21.1. The van der Waals surface area contributed by atoms with Crippen LogP contribution in [0.3, 0.4) is 0 Å². The lowest BCUT2D eigenvalue weighted by Gasteiger charge is -2.05. The van der Waals surface area contributed by atoms with Crippen molar-refractivity contribution in [3.05, 3.63) is 65.5 Å². The molecule has 2 unspecified atom stereocenters. The van der Waals surface area contributed by atoms with Crippen LogP contribution in [-0.2, 0) is 6.42 Å². The van der Waals surface area contributed by atoms with Crippen molar-refractivity contribution in [2.45, 2.75) is 25.7 Å². The van der Waals surface area contributed by atoms with E-state index in [0.717, 1.165) is 18.4 Å². The monoisotopic (exact) mass is 251 g/mol. The number of carbonyl (C=O) groups excluding carboxylic acids is 1. The molecule has 1 aliphatic rings. The van der Waals surface area contributed by atoms with E-state index in [1.165, 1.54) is 5.56 Å². The number of aromatic nitrogens is 1. The Kier molecular flexibility index (Phi) is 3.16. The van der Waals surface area contributed by atoms with E-state index in [2.05, 4.69) is 24.0 Å². The molecule has 1 aromatic heterocycles. The van der Waals surface area contributed by atoms with Crippen LogP contribution in [0, 0.1) is 5.92 Å². The molecular weight excluding hydrogens is 234 g/mol. The van der Waals surface area contributed by atoms with Crippen LogP contribution < -0.4 is 0 Å². The van der Waals surface area contributed by atoms with Gasteiger partial charge in [-0.3, -0.25) is 9.78 Å². The van der Waals surface area contributed by atoms with E-state index in [9.17, 15) is 4.79 Å². The largest absolute Gasteiger partial charge is 0.292 e. The molecule has 0 bridgehead atoms. The average Bonchev–Trinajstić information content (AvgIpc) is 3.28. The Morgan fingerprint density at radius 2 is 2.00 bits per heavy atom. The third-order valence-electron chi connectivity index (χ3n) is 3.86. The van der Waals surface area contributed by atoms with Gasteiger partial charge in [-0.05, 0) is 36.0 Å². The first kappa shape index (κ1) is 12.1. The quantitative estimate of drug-likeness (QED) is 0.777. The minimum absolute atomic E-state index is 0.127. The topological polar surface area (TPSA) is 30.0 Å². The first-order valence-corrected chi connectivity index (χ1v) is 6.84. The van der Waals surface area contributed by atoms with Crippen molar-refractivity contribution in [3.63, 3.8) is 0 Å². The maximum atomic E-state index is 12.5. The van der Waals surface area contributed by atoms with Gasteiger partial charge in [-0.1, -0.05) is 43.3 Å². The molecule has 96 valence electrons. The number of hydrogen-bond acceptors (Lipinski definition) is 2. The van der Waals surface area contributed by atoms with Gasteiger partial charge in [0.05, 0.1) is 0 Å². The molecule has 19 heavy (non-hydrogen) atoms. The predicted molar refractivity (Wildman–Crippen MR) is 75.2 cm³/mol. The van der Waals surface area contributed by atoms with Crippen LogP contribution in [0.1, 0.15) is 40.9 Å². The summed E-state index contributed by atoms with van der Waals surface area (Å²) in [6.07, 6.45) is 3.53. The minimum Gasteiger partial charge on any atom is -0.292 e. The number of hydrogen-bond donors (Lipinski definition) is 0. The minimum atomic E-state index is 0.127. The molecule has 0 amide bonds. The van der Waals surface area contributed by atoms with Crippen molar-refractivity contribution < 1.29 is 4.79 Å². The van der Waals surface area contributed by atoms with E-state index in [1.54, 1.807) is 6.20 Å². The Hall–Kier alpha value is -1.96. The molecule has 0 N–H and O–H groups in total. The summed E-state index contributed by atoms with van der Waals surface area (Å²) < 4.78 is 0. The van der Waals surface area contributed by atoms with Crippen LogP contribution in [0.4, 0.5) is 0 Å². The molecule has 2 aromatic rings. The zero-order chi connectivity index (χ0) is 13.2. The average molecular weight is 251 g/mol. The number of benzene rings is 1. The lowest BCUT2D eigenvalue weighted by molar-refractivity contribution is 0.0959. The van der Waals surface area contributed by atoms with Gasteiger partial charge in [0.15, 0.2) is 5.78 Å². The Morgan fingerprint density at radius 1 is 1.21 bits per heavy atom. The van der Waals surface area contributed by atoms with Crippen LogP contribution in [-0.4, -0.2) is 10.8 Å². The summed E-state index contributed by atoms with van der Waals surface area (Å²) in [5.74, 6) is 0.731. The Bertz CT molecular complexity index is 591. The SMILES string of the molecule is CCc1cccnc1C(=O)C1CC1c1ccccc1. The van der Waals surface area contributed by atoms with Crippen molar-refractivity contribution >= 4 is 5.78 Å². The molecule has 2 atom stereocenters. The summed E-state index contributed by atoms with van der Waals surface area (Å²) in [5.41, 5.74) is 3.01. The number of ketones is 1. The molecule has 3 rings (SSSR count). The van der Waals surface area contributed by atoms with Gasteiger partial charge in [0.2, 0.25) is 0 Å². The molecule has 1 aliphatic carbocycles.